The van der Waals surface area contributed by atoms with Gasteiger partial charge in [0.05, 0.1) is 6.10 Å². The van der Waals surface area contributed by atoms with Crippen LogP contribution < -0.4 is 5.32 Å². The highest BCUT2D eigenvalue weighted by atomic mass is 16.5. The summed E-state index contributed by atoms with van der Waals surface area (Å²) in [6.45, 7) is 0.858. The molecule has 0 amide bonds. The Kier molecular flexibility index (Phi) is 2.65. The Labute approximate surface area is 78.8 Å². The lowest BCUT2D eigenvalue weighted by molar-refractivity contribution is -0.127. The Morgan fingerprint density at radius 2 is 2.31 bits per heavy atom. The maximum atomic E-state index is 11.5. The summed E-state index contributed by atoms with van der Waals surface area (Å²) in [7, 11) is 1.76. The fourth-order valence-electron chi connectivity index (χ4n) is 2.52. The van der Waals surface area contributed by atoms with Crippen molar-refractivity contribution in [2.24, 2.45) is 5.92 Å². The molecule has 0 aromatic heterocycles. The van der Waals surface area contributed by atoms with Gasteiger partial charge in [0.15, 0.2) is 0 Å². The van der Waals surface area contributed by atoms with E-state index in [1.165, 1.54) is 0 Å². The van der Waals surface area contributed by atoms with E-state index in [0.29, 0.717) is 17.9 Å². The second kappa shape index (κ2) is 3.76. The summed E-state index contributed by atoms with van der Waals surface area (Å²) in [5, 5.41) is 3.41. The first-order valence-corrected chi connectivity index (χ1v) is 5.10. The molecule has 0 aromatic carbocycles. The van der Waals surface area contributed by atoms with E-state index in [0.717, 1.165) is 32.2 Å². The predicted molar refractivity (Wildman–Crippen MR) is 49.6 cm³/mol. The topological polar surface area (TPSA) is 38.3 Å². The molecule has 1 heterocycles. The van der Waals surface area contributed by atoms with E-state index in [1.807, 2.05) is 0 Å². The third-order valence-electron chi connectivity index (χ3n) is 3.33. The smallest absolute Gasteiger partial charge is 0.138 e. The van der Waals surface area contributed by atoms with Crippen LogP contribution in [0.25, 0.3) is 0 Å². The zero-order chi connectivity index (χ0) is 9.26. The SMILES string of the molecule is COC1CCC2C(=O)CCNC2C1. The average Bonchev–Trinajstić information content (AvgIpc) is 2.18. The lowest BCUT2D eigenvalue weighted by Crippen LogP contribution is -2.50. The van der Waals surface area contributed by atoms with Gasteiger partial charge in [0, 0.05) is 32.0 Å². The Morgan fingerprint density at radius 3 is 3.08 bits per heavy atom. The van der Waals surface area contributed by atoms with Crippen molar-refractivity contribution in [2.75, 3.05) is 13.7 Å². The quantitative estimate of drug-likeness (QED) is 0.651. The molecule has 13 heavy (non-hydrogen) atoms. The number of methoxy groups -OCH3 is 1. The monoisotopic (exact) mass is 183 g/mol. The molecule has 3 heteroatoms. The maximum Gasteiger partial charge on any atom is 0.138 e. The number of Topliss-reactive ketones (excluding diaryl/α,β-unsaturated/α-hetero) is 1. The van der Waals surface area contributed by atoms with Crippen LogP contribution in [0.4, 0.5) is 0 Å². The summed E-state index contributed by atoms with van der Waals surface area (Å²) in [4.78, 5) is 11.5. The summed E-state index contributed by atoms with van der Waals surface area (Å²) in [6.07, 6.45) is 4.14. The minimum atomic E-state index is 0.278. The van der Waals surface area contributed by atoms with E-state index in [9.17, 15) is 4.79 Å². The lowest BCUT2D eigenvalue weighted by Gasteiger charge is -2.38. The van der Waals surface area contributed by atoms with Crippen LogP contribution in [0.15, 0.2) is 0 Å². The summed E-state index contributed by atoms with van der Waals surface area (Å²) in [6, 6.07) is 0.389. The number of nitrogens with one attached hydrogen (secondary N) is 1. The zero-order valence-corrected chi connectivity index (χ0v) is 8.08. The van der Waals surface area contributed by atoms with E-state index in [-0.39, 0.29) is 5.92 Å². The number of carbonyl (C=O) groups excluding carboxylic acids is 1. The van der Waals surface area contributed by atoms with Crippen LogP contribution >= 0.6 is 0 Å². The average molecular weight is 183 g/mol. The third-order valence-corrected chi connectivity index (χ3v) is 3.33. The molecular formula is C10H17NO2. The molecule has 2 rings (SSSR count). The van der Waals surface area contributed by atoms with Crippen molar-refractivity contribution in [3.63, 3.8) is 0 Å². The Bertz CT molecular complexity index is 205. The fourth-order valence-corrected chi connectivity index (χ4v) is 2.52. The molecule has 1 aliphatic heterocycles. The minimum absolute atomic E-state index is 0.278. The number of carbonyl (C=O) groups is 1. The van der Waals surface area contributed by atoms with Crippen molar-refractivity contribution in [3.05, 3.63) is 0 Å². The molecular weight excluding hydrogens is 166 g/mol. The number of piperidine rings is 1. The first kappa shape index (κ1) is 9.16. The van der Waals surface area contributed by atoms with Gasteiger partial charge in [-0.3, -0.25) is 4.79 Å². The lowest BCUT2D eigenvalue weighted by atomic mass is 9.77. The van der Waals surface area contributed by atoms with Gasteiger partial charge in [-0.1, -0.05) is 0 Å². The van der Waals surface area contributed by atoms with Gasteiger partial charge in [0.1, 0.15) is 5.78 Å². The zero-order valence-electron chi connectivity index (χ0n) is 8.08. The Morgan fingerprint density at radius 1 is 1.46 bits per heavy atom. The van der Waals surface area contributed by atoms with Gasteiger partial charge in [-0.15, -0.1) is 0 Å². The molecule has 74 valence electrons. The fraction of sp³-hybridized carbons (Fsp3) is 0.900. The van der Waals surface area contributed by atoms with Crippen LogP contribution in [0.3, 0.4) is 0 Å². The van der Waals surface area contributed by atoms with E-state index in [1.54, 1.807) is 7.11 Å². The molecule has 2 fully saturated rings. The summed E-state index contributed by atoms with van der Waals surface area (Å²) >= 11 is 0. The second-order valence-corrected chi connectivity index (χ2v) is 4.05. The molecule has 1 N–H and O–H groups in total. The highest BCUT2D eigenvalue weighted by Gasteiger charge is 2.36. The molecule has 0 bridgehead atoms. The molecule has 1 saturated heterocycles. The van der Waals surface area contributed by atoms with Gasteiger partial charge in [0.25, 0.3) is 0 Å². The van der Waals surface area contributed by atoms with Crippen molar-refractivity contribution >= 4 is 5.78 Å². The summed E-state index contributed by atoms with van der Waals surface area (Å²) in [5.41, 5.74) is 0. The summed E-state index contributed by atoms with van der Waals surface area (Å²) < 4.78 is 5.32. The van der Waals surface area contributed by atoms with Crippen molar-refractivity contribution in [3.8, 4) is 0 Å². The molecule has 2 aliphatic rings. The van der Waals surface area contributed by atoms with E-state index >= 15 is 0 Å². The van der Waals surface area contributed by atoms with Crippen molar-refractivity contribution in [1.29, 1.82) is 0 Å². The number of ether oxygens (including phenoxy) is 1. The van der Waals surface area contributed by atoms with Gasteiger partial charge in [-0.2, -0.15) is 0 Å². The number of rotatable bonds is 1. The molecule has 3 atom stereocenters. The molecule has 1 aliphatic carbocycles. The van der Waals surface area contributed by atoms with E-state index in [4.69, 9.17) is 4.74 Å². The van der Waals surface area contributed by atoms with Crippen LogP contribution in [0.1, 0.15) is 25.7 Å². The second-order valence-electron chi connectivity index (χ2n) is 4.05. The summed E-state index contributed by atoms with van der Waals surface area (Å²) in [5.74, 6) is 0.735. The van der Waals surface area contributed by atoms with Crippen LogP contribution in [0.5, 0.6) is 0 Å². The molecule has 0 aromatic rings. The number of ketones is 1. The number of hydrogen-bond donors (Lipinski definition) is 1. The Hall–Kier alpha value is -0.410. The predicted octanol–water partition coefficient (Wildman–Crippen LogP) is 0.732. The van der Waals surface area contributed by atoms with Crippen molar-refractivity contribution in [1.82, 2.24) is 5.32 Å². The van der Waals surface area contributed by atoms with Gasteiger partial charge in [0.2, 0.25) is 0 Å². The van der Waals surface area contributed by atoms with Crippen molar-refractivity contribution in [2.45, 2.75) is 37.8 Å². The van der Waals surface area contributed by atoms with Crippen LogP contribution in [0, 0.1) is 5.92 Å². The maximum absolute atomic E-state index is 11.5. The molecule has 0 radical (unpaired) electrons. The number of hydrogen-bond acceptors (Lipinski definition) is 3. The van der Waals surface area contributed by atoms with Gasteiger partial charge >= 0.3 is 0 Å². The van der Waals surface area contributed by atoms with Gasteiger partial charge in [-0.05, 0) is 19.3 Å². The molecule has 3 unspecified atom stereocenters. The van der Waals surface area contributed by atoms with Crippen LogP contribution in [-0.2, 0) is 9.53 Å². The molecule has 0 spiro atoms. The van der Waals surface area contributed by atoms with Crippen LogP contribution in [0.2, 0.25) is 0 Å². The first-order chi connectivity index (χ1) is 6.31. The first-order valence-electron chi connectivity index (χ1n) is 5.10. The van der Waals surface area contributed by atoms with Gasteiger partial charge in [-0.25, -0.2) is 0 Å². The van der Waals surface area contributed by atoms with Crippen LogP contribution in [-0.4, -0.2) is 31.6 Å². The largest absolute Gasteiger partial charge is 0.381 e. The molecule has 1 saturated carbocycles. The Balaban J connectivity index is 1.99. The highest BCUT2D eigenvalue weighted by Crippen LogP contribution is 2.29. The molecule has 3 nitrogen and oxygen atoms in total. The van der Waals surface area contributed by atoms with Gasteiger partial charge < -0.3 is 10.1 Å². The third kappa shape index (κ3) is 1.76. The number of fused-ring (bicyclic) bond motifs is 1. The van der Waals surface area contributed by atoms with Crippen molar-refractivity contribution < 1.29 is 9.53 Å². The minimum Gasteiger partial charge on any atom is -0.381 e. The van der Waals surface area contributed by atoms with E-state index in [2.05, 4.69) is 5.32 Å². The van der Waals surface area contributed by atoms with E-state index < -0.39 is 0 Å². The highest BCUT2D eigenvalue weighted by molar-refractivity contribution is 5.82. The standard InChI is InChI=1S/C10H17NO2/c1-13-7-2-3-8-9(6-7)11-5-4-10(8)12/h7-9,11H,2-6H2,1H3. The normalized spacial score (nSPS) is 40.1.